The Bertz CT molecular complexity index is 144. The standard InChI is InChI=1S/C10H20O2S/c1-5-9(6-2)13-7-8(3)10(11)12-4/h8-9H,5-7H2,1-4H3. The summed E-state index contributed by atoms with van der Waals surface area (Å²) >= 11 is 1.87. The van der Waals surface area contributed by atoms with Crippen LogP contribution in [-0.2, 0) is 9.53 Å². The average molecular weight is 204 g/mol. The maximum atomic E-state index is 11.1. The fraction of sp³-hybridized carbons (Fsp3) is 0.900. The third-order valence-electron chi connectivity index (χ3n) is 2.10. The zero-order chi connectivity index (χ0) is 10.3. The van der Waals surface area contributed by atoms with Crippen LogP contribution in [0.15, 0.2) is 0 Å². The molecule has 0 saturated carbocycles. The molecule has 0 radical (unpaired) electrons. The molecule has 0 amide bonds. The molecule has 2 nitrogen and oxygen atoms in total. The molecular weight excluding hydrogens is 184 g/mol. The largest absolute Gasteiger partial charge is 0.469 e. The minimum Gasteiger partial charge on any atom is -0.469 e. The zero-order valence-corrected chi connectivity index (χ0v) is 9.82. The van der Waals surface area contributed by atoms with Gasteiger partial charge >= 0.3 is 5.97 Å². The maximum absolute atomic E-state index is 11.1. The topological polar surface area (TPSA) is 26.3 Å². The average Bonchev–Trinajstić information content (AvgIpc) is 2.17. The summed E-state index contributed by atoms with van der Waals surface area (Å²) in [5, 5.41) is 0.687. The molecule has 0 aromatic rings. The lowest BCUT2D eigenvalue weighted by Gasteiger charge is -2.14. The third-order valence-corrected chi connectivity index (χ3v) is 3.93. The van der Waals surface area contributed by atoms with Gasteiger partial charge in [-0.15, -0.1) is 0 Å². The molecule has 0 heterocycles. The summed E-state index contributed by atoms with van der Waals surface area (Å²) < 4.78 is 4.66. The highest BCUT2D eigenvalue weighted by atomic mass is 32.2. The number of hydrogen-bond acceptors (Lipinski definition) is 3. The molecule has 0 aliphatic carbocycles. The van der Waals surface area contributed by atoms with Gasteiger partial charge in [-0.25, -0.2) is 0 Å². The highest BCUT2D eigenvalue weighted by Crippen LogP contribution is 2.20. The van der Waals surface area contributed by atoms with E-state index in [0.717, 1.165) is 5.75 Å². The molecule has 0 aromatic heterocycles. The van der Waals surface area contributed by atoms with E-state index in [1.54, 1.807) is 0 Å². The molecule has 13 heavy (non-hydrogen) atoms. The summed E-state index contributed by atoms with van der Waals surface area (Å²) in [7, 11) is 1.45. The number of carbonyl (C=O) groups excluding carboxylic acids is 1. The normalized spacial score (nSPS) is 13.0. The number of esters is 1. The molecule has 0 saturated heterocycles. The lowest BCUT2D eigenvalue weighted by Crippen LogP contribution is -2.16. The quantitative estimate of drug-likeness (QED) is 0.622. The minimum absolute atomic E-state index is 0.0237. The van der Waals surface area contributed by atoms with Gasteiger partial charge in [-0.2, -0.15) is 11.8 Å². The molecule has 0 spiro atoms. The highest BCUT2D eigenvalue weighted by molar-refractivity contribution is 7.99. The molecule has 0 aliphatic heterocycles. The molecule has 0 rings (SSSR count). The van der Waals surface area contributed by atoms with E-state index in [9.17, 15) is 4.79 Å². The Kier molecular flexibility index (Phi) is 7.14. The molecule has 0 bridgehead atoms. The molecule has 0 aliphatic rings. The van der Waals surface area contributed by atoms with Crippen LogP contribution in [0.4, 0.5) is 0 Å². The molecular formula is C10H20O2S. The predicted molar refractivity (Wildman–Crippen MR) is 58.0 cm³/mol. The van der Waals surface area contributed by atoms with E-state index in [-0.39, 0.29) is 11.9 Å². The van der Waals surface area contributed by atoms with Gasteiger partial charge in [-0.3, -0.25) is 4.79 Å². The predicted octanol–water partition coefficient (Wildman–Crippen LogP) is 2.72. The van der Waals surface area contributed by atoms with Gasteiger partial charge in [0.1, 0.15) is 0 Å². The second-order valence-electron chi connectivity index (χ2n) is 3.20. The van der Waals surface area contributed by atoms with Crippen LogP contribution < -0.4 is 0 Å². The first-order valence-corrected chi connectivity index (χ1v) is 5.89. The van der Waals surface area contributed by atoms with Crippen LogP contribution in [0.2, 0.25) is 0 Å². The summed E-state index contributed by atoms with van der Waals surface area (Å²) in [4.78, 5) is 11.1. The monoisotopic (exact) mass is 204 g/mol. The van der Waals surface area contributed by atoms with E-state index in [0.29, 0.717) is 5.25 Å². The van der Waals surface area contributed by atoms with Gasteiger partial charge in [0.25, 0.3) is 0 Å². The van der Waals surface area contributed by atoms with E-state index in [2.05, 4.69) is 18.6 Å². The minimum atomic E-state index is -0.0987. The molecule has 0 fully saturated rings. The summed E-state index contributed by atoms with van der Waals surface area (Å²) in [6.45, 7) is 6.29. The van der Waals surface area contributed by atoms with Crippen LogP contribution in [0, 0.1) is 5.92 Å². The van der Waals surface area contributed by atoms with Crippen molar-refractivity contribution in [3.05, 3.63) is 0 Å². The van der Waals surface area contributed by atoms with E-state index in [1.165, 1.54) is 20.0 Å². The smallest absolute Gasteiger partial charge is 0.309 e. The SMILES string of the molecule is CCC(CC)SCC(C)C(=O)OC. The summed E-state index contributed by atoms with van der Waals surface area (Å²) in [5.74, 6) is 0.799. The highest BCUT2D eigenvalue weighted by Gasteiger charge is 2.14. The molecule has 3 heteroatoms. The molecule has 0 N–H and O–H groups in total. The Morgan fingerprint density at radius 1 is 1.38 bits per heavy atom. The van der Waals surface area contributed by atoms with Gasteiger partial charge in [0.05, 0.1) is 13.0 Å². The van der Waals surface area contributed by atoms with Crippen molar-refractivity contribution in [2.24, 2.45) is 5.92 Å². The number of rotatable bonds is 6. The van der Waals surface area contributed by atoms with Gasteiger partial charge in [-0.05, 0) is 12.8 Å². The van der Waals surface area contributed by atoms with E-state index in [4.69, 9.17) is 0 Å². The van der Waals surface area contributed by atoms with Crippen molar-refractivity contribution in [1.29, 1.82) is 0 Å². The fourth-order valence-electron chi connectivity index (χ4n) is 1.07. The zero-order valence-electron chi connectivity index (χ0n) is 9.00. The Morgan fingerprint density at radius 2 is 1.92 bits per heavy atom. The van der Waals surface area contributed by atoms with E-state index < -0.39 is 0 Å². The Balaban J connectivity index is 3.67. The second kappa shape index (κ2) is 7.25. The van der Waals surface area contributed by atoms with Crippen LogP contribution in [-0.4, -0.2) is 24.1 Å². The first-order chi connectivity index (χ1) is 6.15. The van der Waals surface area contributed by atoms with Gasteiger partial charge in [0, 0.05) is 11.0 Å². The van der Waals surface area contributed by atoms with Crippen LogP contribution in [0.25, 0.3) is 0 Å². The number of carbonyl (C=O) groups is 1. The summed E-state index contributed by atoms with van der Waals surface area (Å²) in [5.41, 5.74) is 0. The third kappa shape index (κ3) is 5.19. The van der Waals surface area contributed by atoms with Crippen molar-refractivity contribution in [2.75, 3.05) is 12.9 Å². The Morgan fingerprint density at radius 3 is 2.31 bits per heavy atom. The van der Waals surface area contributed by atoms with Gasteiger partial charge in [0.15, 0.2) is 0 Å². The van der Waals surface area contributed by atoms with Crippen molar-refractivity contribution in [2.45, 2.75) is 38.9 Å². The van der Waals surface area contributed by atoms with Gasteiger partial charge in [-0.1, -0.05) is 20.8 Å². The van der Waals surface area contributed by atoms with Crippen molar-refractivity contribution < 1.29 is 9.53 Å². The fourth-order valence-corrected chi connectivity index (χ4v) is 2.24. The van der Waals surface area contributed by atoms with Gasteiger partial charge in [0.2, 0.25) is 0 Å². The Labute approximate surface area is 85.4 Å². The van der Waals surface area contributed by atoms with Crippen LogP contribution in [0.3, 0.4) is 0 Å². The van der Waals surface area contributed by atoms with Crippen LogP contribution >= 0.6 is 11.8 Å². The van der Waals surface area contributed by atoms with Crippen molar-refractivity contribution in [3.63, 3.8) is 0 Å². The van der Waals surface area contributed by atoms with E-state index in [1.807, 2.05) is 18.7 Å². The lowest BCUT2D eigenvalue weighted by molar-refractivity contribution is -0.143. The van der Waals surface area contributed by atoms with Gasteiger partial charge < -0.3 is 4.74 Å². The molecule has 0 aromatic carbocycles. The molecule has 78 valence electrons. The number of hydrogen-bond donors (Lipinski definition) is 0. The lowest BCUT2D eigenvalue weighted by atomic mass is 10.2. The van der Waals surface area contributed by atoms with Crippen LogP contribution in [0.5, 0.6) is 0 Å². The van der Waals surface area contributed by atoms with Crippen molar-refractivity contribution in [1.82, 2.24) is 0 Å². The van der Waals surface area contributed by atoms with Crippen molar-refractivity contribution in [3.8, 4) is 0 Å². The molecule has 1 unspecified atom stereocenters. The van der Waals surface area contributed by atoms with Crippen LogP contribution in [0.1, 0.15) is 33.6 Å². The van der Waals surface area contributed by atoms with Crippen molar-refractivity contribution >= 4 is 17.7 Å². The van der Waals surface area contributed by atoms with E-state index >= 15 is 0 Å². The second-order valence-corrected chi connectivity index (χ2v) is 4.53. The first kappa shape index (κ1) is 12.8. The summed E-state index contributed by atoms with van der Waals surface area (Å²) in [6, 6.07) is 0. The first-order valence-electron chi connectivity index (χ1n) is 4.85. The molecule has 1 atom stereocenters. The Hall–Kier alpha value is -0.180. The summed E-state index contributed by atoms with van der Waals surface area (Å²) in [6.07, 6.45) is 2.35. The number of methoxy groups -OCH3 is 1. The number of thioether (sulfide) groups is 1. The number of ether oxygens (including phenoxy) is 1. The maximum Gasteiger partial charge on any atom is 0.309 e.